The van der Waals surface area contributed by atoms with Crippen LogP contribution in [-0.4, -0.2) is 105 Å². The van der Waals surface area contributed by atoms with Gasteiger partial charge in [0, 0.05) is 57.0 Å². The second-order valence-corrected chi connectivity index (χ2v) is 13.7. The molecule has 0 amide bonds. The first kappa shape index (κ1) is 29.5. The zero-order valence-electron chi connectivity index (χ0n) is 24.5. The Balaban J connectivity index is 1.09. The summed E-state index contributed by atoms with van der Waals surface area (Å²) in [5.74, 6) is 1.90. The second-order valence-electron chi connectivity index (χ2n) is 13.7. The van der Waals surface area contributed by atoms with Gasteiger partial charge in [-0.25, -0.2) is 10.4 Å². The van der Waals surface area contributed by atoms with Crippen molar-refractivity contribution in [2.45, 2.75) is 120 Å². The molecule has 9 atom stereocenters. The van der Waals surface area contributed by atoms with Crippen molar-refractivity contribution in [3.8, 4) is 0 Å². The first-order chi connectivity index (χ1) is 19.1. The molecular formula is C28H51F3N8O. The van der Waals surface area contributed by atoms with Crippen LogP contribution in [0.4, 0.5) is 13.2 Å². The van der Waals surface area contributed by atoms with Crippen LogP contribution in [0.15, 0.2) is 0 Å². The first-order valence-corrected chi connectivity index (χ1v) is 15.7. The summed E-state index contributed by atoms with van der Waals surface area (Å²) in [5.41, 5.74) is 3.89. The van der Waals surface area contributed by atoms with E-state index in [9.17, 15) is 13.2 Å². The third kappa shape index (κ3) is 5.94. The van der Waals surface area contributed by atoms with Gasteiger partial charge in [-0.3, -0.25) is 26.2 Å². The molecular weight excluding hydrogens is 521 g/mol. The quantitative estimate of drug-likeness (QED) is 0.271. The number of nitrogens with zero attached hydrogens (tertiary/aromatic N) is 2. The highest BCUT2D eigenvalue weighted by Gasteiger charge is 2.52. The van der Waals surface area contributed by atoms with Crippen molar-refractivity contribution in [1.29, 1.82) is 0 Å². The molecule has 0 bridgehead atoms. The largest absolute Gasteiger partial charge is 0.405 e. The fourth-order valence-corrected chi connectivity index (χ4v) is 8.63. The second kappa shape index (κ2) is 11.8. The van der Waals surface area contributed by atoms with E-state index in [1.165, 1.54) is 12.8 Å². The summed E-state index contributed by atoms with van der Waals surface area (Å²) >= 11 is 0. The Bertz CT molecular complexity index is 854. The van der Waals surface area contributed by atoms with Crippen molar-refractivity contribution in [3.63, 3.8) is 0 Å². The van der Waals surface area contributed by atoms with E-state index in [2.05, 4.69) is 50.9 Å². The number of ether oxygens (including phenoxy) is 1. The van der Waals surface area contributed by atoms with Gasteiger partial charge < -0.3 is 10.1 Å². The van der Waals surface area contributed by atoms with Crippen molar-refractivity contribution in [1.82, 2.24) is 41.9 Å². The van der Waals surface area contributed by atoms with E-state index in [0.717, 1.165) is 51.2 Å². The van der Waals surface area contributed by atoms with Crippen LogP contribution in [0, 0.1) is 23.7 Å². The van der Waals surface area contributed by atoms with Crippen LogP contribution in [-0.2, 0) is 4.74 Å². The predicted molar refractivity (Wildman–Crippen MR) is 148 cm³/mol. The highest BCUT2D eigenvalue weighted by atomic mass is 19.4. The van der Waals surface area contributed by atoms with Gasteiger partial charge in [0.2, 0.25) is 0 Å². The molecule has 4 aliphatic heterocycles. The number of hydrazine groups is 1. The minimum absolute atomic E-state index is 0.0111. The smallest absolute Gasteiger partial charge is 0.366 e. The Kier molecular flexibility index (Phi) is 8.73. The predicted octanol–water partition coefficient (Wildman–Crippen LogP) is 1.35. The number of methoxy groups -OCH3 is 1. The normalized spacial score (nSPS) is 45.8. The van der Waals surface area contributed by atoms with Gasteiger partial charge in [-0.2, -0.15) is 13.2 Å². The van der Waals surface area contributed by atoms with Crippen molar-refractivity contribution in [2.24, 2.45) is 23.7 Å². The van der Waals surface area contributed by atoms with Crippen LogP contribution < -0.4 is 32.0 Å². The minimum atomic E-state index is -4.18. The van der Waals surface area contributed by atoms with Crippen LogP contribution in [0.5, 0.6) is 0 Å². The Labute approximate surface area is 237 Å². The third-order valence-electron chi connectivity index (χ3n) is 10.8. The number of likely N-dealkylation sites (N-methyl/N-ethyl adjacent to an activating group) is 1. The van der Waals surface area contributed by atoms with E-state index < -0.39 is 12.2 Å². The Morgan fingerprint density at radius 2 is 1.65 bits per heavy atom. The van der Waals surface area contributed by atoms with Gasteiger partial charge >= 0.3 is 6.18 Å². The Hall–Kier alpha value is -0.570. The maximum atomic E-state index is 13.3. The maximum absolute atomic E-state index is 13.3. The molecule has 0 aromatic heterocycles. The minimum Gasteiger partial charge on any atom is -0.366 e. The van der Waals surface area contributed by atoms with E-state index in [-0.39, 0.29) is 31.0 Å². The van der Waals surface area contributed by atoms with Crippen molar-refractivity contribution in [2.75, 3.05) is 33.9 Å². The van der Waals surface area contributed by atoms with E-state index in [1.807, 2.05) is 19.1 Å². The van der Waals surface area contributed by atoms with Gasteiger partial charge in [0.1, 0.15) is 12.3 Å². The Morgan fingerprint density at radius 3 is 2.27 bits per heavy atom. The topological polar surface area (TPSA) is 87.9 Å². The zero-order valence-corrected chi connectivity index (χ0v) is 24.5. The summed E-state index contributed by atoms with van der Waals surface area (Å²) in [6, 6.07) is 0.469. The summed E-state index contributed by atoms with van der Waals surface area (Å²) in [7, 11) is 3.64. The number of hydrogen-bond acceptors (Lipinski definition) is 9. The SMILES string of the molecule is COC1NCNC(C2CC2)C1C1NCC2C(N1)C(CC1CCC(C3NC(C(F)(F)F)CN3C)CC1)NN2C(C)C. The standard InChI is InChI=1S/C28H51F3N8O/c1-15(2)39-20-12-32-25(22-23(17-9-10-17)33-14-34-27(22)40-4)36-24(20)19(37-39)11-16-5-7-18(8-6-16)26-35-21(13-38(26)3)28(29,30)31/h15-27,32-37H,5-14H2,1-4H3. The van der Waals surface area contributed by atoms with Gasteiger partial charge in [-0.05, 0) is 70.8 Å². The number of halogens is 3. The average Bonchev–Trinajstić information content (AvgIpc) is 3.61. The van der Waals surface area contributed by atoms with Crippen LogP contribution in [0.2, 0.25) is 0 Å². The van der Waals surface area contributed by atoms with Gasteiger partial charge in [-0.1, -0.05) is 12.8 Å². The molecule has 6 fully saturated rings. The summed E-state index contributed by atoms with van der Waals surface area (Å²) in [6.45, 7) is 6.27. The lowest BCUT2D eigenvalue weighted by molar-refractivity contribution is -0.150. The molecule has 0 spiro atoms. The van der Waals surface area contributed by atoms with E-state index in [4.69, 9.17) is 4.74 Å². The summed E-state index contributed by atoms with van der Waals surface area (Å²) in [4.78, 5) is 1.88. The van der Waals surface area contributed by atoms with Crippen molar-refractivity contribution in [3.05, 3.63) is 0 Å². The van der Waals surface area contributed by atoms with Gasteiger partial charge in [0.05, 0.1) is 18.4 Å². The summed E-state index contributed by atoms with van der Waals surface area (Å²) in [6.07, 6.45) is 3.64. The molecule has 6 aliphatic rings. The van der Waals surface area contributed by atoms with Gasteiger partial charge in [0.15, 0.2) is 0 Å². The number of fused-ring (bicyclic) bond motifs is 1. The Morgan fingerprint density at radius 1 is 0.925 bits per heavy atom. The lowest BCUT2D eigenvalue weighted by Gasteiger charge is -2.48. The number of nitrogens with one attached hydrogen (secondary N) is 6. The lowest BCUT2D eigenvalue weighted by Crippen LogP contribution is -2.73. The summed E-state index contributed by atoms with van der Waals surface area (Å²) < 4.78 is 45.9. The summed E-state index contributed by atoms with van der Waals surface area (Å²) in [5, 5.41) is 20.5. The van der Waals surface area contributed by atoms with Gasteiger partial charge in [0.25, 0.3) is 0 Å². The lowest BCUT2D eigenvalue weighted by atomic mass is 9.76. The van der Waals surface area contributed by atoms with Crippen molar-refractivity contribution < 1.29 is 17.9 Å². The molecule has 12 heteroatoms. The average molecular weight is 573 g/mol. The van der Waals surface area contributed by atoms with E-state index >= 15 is 0 Å². The van der Waals surface area contributed by atoms with Crippen LogP contribution in [0.3, 0.4) is 0 Å². The molecule has 4 heterocycles. The molecule has 9 nitrogen and oxygen atoms in total. The number of alkyl halides is 3. The number of rotatable bonds is 7. The van der Waals surface area contributed by atoms with Crippen LogP contribution in [0.25, 0.3) is 0 Å². The zero-order chi connectivity index (χ0) is 28.2. The maximum Gasteiger partial charge on any atom is 0.405 e. The molecule has 2 saturated carbocycles. The van der Waals surface area contributed by atoms with E-state index in [1.54, 1.807) is 0 Å². The fraction of sp³-hybridized carbons (Fsp3) is 1.00. The molecule has 0 aromatic carbocycles. The van der Waals surface area contributed by atoms with Crippen molar-refractivity contribution >= 4 is 0 Å². The fourth-order valence-electron chi connectivity index (χ4n) is 8.63. The highest BCUT2D eigenvalue weighted by Crippen LogP contribution is 2.41. The number of hydrogen-bond donors (Lipinski definition) is 6. The molecule has 230 valence electrons. The van der Waals surface area contributed by atoms with Crippen LogP contribution in [0.1, 0.15) is 58.8 Å². The first-order valence-electron chi connectivity index (χ1n) is 15.7. The third-order valence-corrected chi connectivity index (χ3v) is 10.8. The molecule has 0 radical (unpaired) electrons. The highest BCUT2D eigenvalue weighted by molar-refractivity contribution is 5.08. The molecule has 0 aromatic rings. The van der Waals surface area contributed by atoms with Crippen LogP contribution >= 0.6 is 0 Å². The molecule has 40 heavy (non-hydrogen) atoms. The monoisotopic (exact) mass is 572 g/mol. The molecule has 6 rings (SSSR count). The molecule has 4 saturated heterocycles. The molecule has 6 N–H and O–H groups in total. The van der Waals surface area contributed by atoms with Gasteiger partial charge in [-0.15, -0.1) is 0 Å². The molecule has 2 aliphatic carbocycles. The van der Waals surface area contributed by atoms with E-state index in [0.29, 0.717) is 42.0 Å². The molecule has 9 unspecified atom stereocenters.